The summed E-state index contributed by atoms with van der Waals surface area (Å²) in [5, 5.41) is 0. The van der Waals surface area contributed by atoms with E-state index in [2.05, 4.69) is 14.2 Å². The van der Waals surface area contributed by atoms with Gasteiger partial charge in [0.05, 0.1) is 37.6 Å². The number of esters is 3. The highest BCUT2D eigenvalue weighted by atomic mass is 32.2. The molecular weight excluding hydrogens is 422 g/mol. The maximum Gasteiger partial charge on any atom is 0.348 e. The molecule has 0 aliphatic heterocycles. The SMILES string of the molecule is CCOC(=O)c1ccccc1NS(=O)(=O)c1sc(C(=O)OC)c(C)c1C(=O)OC. The molecule has 29 heavy (non-hydrogen) atoms. The molecule has 0 spiro atoms. The van der Waals surface area contributed by atoms with Crippen molar-refractivity contribution in [1.82, 2.24) is 0 Å². The van der Waals surface area contributed by atoms with E-state index in [1.165, 1.54) is 25.1 Å². The maximum absolute atomic E-state index is 13.0. The van der Waals surface area contributed by atoms with Gasteiger partial charge in [-0.15, -0.1) is 11.3 Å². The number of methoxy groups -OCH3 is 2. The summed E-state index contributed by atoms with van der Waals surface area (Å²) in [6, 6.07) is 5.86. The molecule has 0 saturated heterocycles. The van der Waals surface area contributed by atoms with Crippen LogP contribution in [0.1, 0.15) is 42.9 Å². The maximum atomic E-state index is 13.0. The number of rotatable bonds is 7. The first-order valence-corrected chi connectivity index (χ1v) is 10.6. The number of carbonyl (C=O) groups excluding carboxylic acids is 3. The van der Waals surface area contributed by atoms with Gasteiger partial charge in [-0.2, -0.15) is 0 Å². The van der Waals surface area contributed by atoms with Crippen LogP contribution in [0, 0.1) is 6.92 Å². The lowest BCUT2D eigenvalue weighted by atomic mass is 10.2. The summed E-state index contributed by atoms with van der Waals surface area (Å²) < 4.78 is 42.2. The number of anilines is 1. The van der Waals surface area contributed by atoms with Crippen molar-refractivity contribution in [3.8, 4) is 0 Å². The standard InChI is InChI=1S/C18H19NO8S2/c1-5-27-15(20)11-8-6-7-9-12(11)19-29(23,24)18-13(16(21)25-3)10(2)14(28-18)17(22)26-4/h6-9,19H,5H2,1-4H3. The molecule has 156 valence electrons. The predicted molar refractivity (Wildman–Crippen MR) is 105 cm³/mol. The second-order valence-electron chi connectivity index (χ2n) is 5.57. The molecule has 0 aliphatic rings. The molecule has 0 unspecified atom stereocenters. The van der Waals surface area contributed by atoms with Crippen LogP contribution in [0.5, 0.6) is 0 Å². The minimum Gasteiger partial charge on any atom is -0.465 e. The fourth-order valence-electron chi connectivity index (χ4n) is 2.45. The smallest absolute Gasteiger partial charge is 0.348 e. The lowest BCUT2D eigenvalue weighted by Gasteiger charge is -2.12. The summed E-state index contributed by atoms with van der Waals surface area (Å²) in [4.78, 5) is 36.2. The molecule has 0 radical (unpaired) electrons. The highest BCUT2D eigenvalue weighted by molar-refractivity contribution is 7.94. The zero-order chi connectivity index (χ0) is 21.8. The molecular formula is C18H19NO8S2. The quantitative estimate of drug-likeness (QED) is 0.513. The third-order valence-electron chi connectivity index (χ3n) is 3.79. The molecule has 0 saturated carbocycles. The number of thiophene rings is 1. The van der Waals surface area contributed by atoms with E-state index in [1.54, 1.807) is 13.0 Å². The zero-order valence-electron chi connectivity index (χ0n) is 16.1. The molecule has 1 aromatic heterocycles. The van der Waals surface area contributed by atoms with E-state index < -0.39 is 32.1 Å². The van der Waals surface area contributed by atoms with Crippen molar-refractivity contribution in [3.05, 3.63) is 45.8 Å². The molecule has 11 heteroatoms. The summed E-state index contributed by atoms with van der Waals surface area (Å²) in [7, 11) is -2.13. The number of para-hydroxylation sites is 1. The van der Waals surface area contributed by atoms with Gasteiger partial charge in [-0.1, -0.05) is 12.1 Å². The molecule has 2 aromatic rings. The average molecular weight is 441 g/mol. The van der Waals surface area contributed by atoms with E-state index in [4.69, 9.17) is 4.74 Å². The van der Waals surface area contributed by atoms with Crippen LogP contribution in [0.15, 0.2) is 28.5 Å². The average Bonchev–Trinajstić information content (AvgIpc) is 3.05. The molecule has 1 heterocycles. The summed E-state index contributed by atoms with van der Waals surface area (Å²) >= 11 is 0.571. The van der Waals surface area contributed by atoms with E-state index in [0.717, 1.165) is 14.2 Å². The van der Waals surface area contributed by atoms with E-state index in [9.17, 15) is 22.8 Å². The second kappa shape index (κ2) is 9.05. The minimum atomic E-state index is -4.36. The molecule has 0 fully saturated rings. The van der Waals surface area contributed by atoms with Gasteiger partial charge in [0.2, 0.25) is 0 Å². The summed E-state index contributed by atoms with van der Waals surface area (Å²) in [6.45, 7) is 3.15. The second-order valence-corrected chi connectivity index (χ2v) is 8.47. The third kappa shape index (κ3) is 4.57. The molecule has 0 amide bonds. The van der Waals surface area contributed by atoms with Gasteiger partial charge >= 0.3 is 17.9 Å². The Morgan fingerprint density at radius 2 is 1.66 bits per heavy atom. The number of nitrogens with one attached hydrogen (secondary N) is 1. The Bertz CT molecular complexity index is 1060. The largest absolute Gasteiger partial charge is 0.465 e. The van der Waals surface area contributed by atoms with Crippen molar-refractivity contribution >= 4 is 45.0 Å². The molecule has 0 atom stereocenters. The van der Waals surface area contributed by atoms with Crippen LogP contribution >= 0.6 is 11.3 Å². The monoisotopic (exact) mass is 441 g/mol. The van der Waals surface area contributed by atoms with Crippen molar-refractivity contribution < 1.29 is 37.0 Å². The fraction of sp³-hybridized carbons (Fsp3) is 0.278. The Labute approximate surface area is 171 Å². The van der Waals surface area contributed by atoms with E-state index in [0.29, 0.717) is 11.3 Å². The molecule has 1 N–H and O–H groups in total. The van der Waals surface area contributed by atoms with E-state index >= 15 is 0 Å². The normalized spacial score (nSPS) is 10.9. The minimum absolute atomic E-state index is 0.000914. The highest BCUT2D eigenvalue weighted by Crippen LogP contribution is 2.34. The van der Waals surface area contributed by atoms with Gasteiger partial charge in [0, 0.05) is 0 Å². The lowest BCUT2D eigenvalue weighted by Crippen LogP contribution is -2.18. The third-order valence-corrected chi connectivity index (χ3v) is 6.94. The van der Waals surface area contributed by atoms with E-state index in [-0.39, 0.29) is 33.9 Å². The van der Waals surface area contributed by atoms with Gasteiger partial charge in [0.1, 0.15) is 4.88 Å². The summed E-state index contributed by atoms with van der Waals surface area (Å²) in [6.07, 6.45) is 0. The Hall–Kier alpha value is -2.92. The first-order valence-electron chi connectivity index (χ1n) is 8.26. The van der Waals surface area contributed by atoms with E-state index in [1.807, 2.05) is 0 Å². The van der Waals surface area contributed by atoms with Gasteiger partial charge in [-0.3, -0.25) is 4.72 Å². The Balaban J connectivity index is 2.59. The Kier molecular flexibility index (Phi) is 6.98. The van der Waals surface area contributed by atoms with Gasteiger partial charge < -0.3 is 14.2 Å². The fourth-order valence-corrected chi connectivity index (χ4v) is 5.28. The van der Waals surface area contributed by atoms with Crippen LogP contribution in [-0.2, 0) is 24.2 Å². The highest BCUT2D eigenvalue weighted by Gasteiger charge is 2.33. The van der Waals surface area contributed by atoms with Crippen molar-refractivity contribution in [2.24, 2.45) is 0 Å². The van der Waals surface area contributed by atoms with Crippen LogP contribution in [0.3, 0.4) is 0 Å². The van der Waals surface area contributed by atoms with Crippen LogP contribution in [0.4, 0.5) is 5.69 Å². The van der Waals surface area contributed by atoms with Crippen LogP contribution in [0.25, 0.3) is 0 Å². The summed E-state index contributed by atoms with van der Waals surface area (Å²) in [5.41, 5.74) is -0.196. The van der Waals surface area contributed by atoms with Gasteiger partial charge in [0.15, 0.2) is 4.21 Å². The number of carbonyl (C=O) groups is 3. The topological polar surface area (TPSA) is 125 Å². The molecule has 0 aliphatic carbocycles. The van der Waals surface area contributed by atoms with Crippen LogP contribution in [0.2, 0.25) is 0 Å². The lowest BCUT2D eigenvalue weighted by molar-refractivity contribution is 0.0525. The van der Waals surface area contributed by atoms with Crippen molar-refractivity contribution in [1.29, 1.82) is 0 Å². The molecule has 0 bridgehead atoms. The Morgan fingerprint density at radius 1 is 1.03 bits per heavy atom. The van der Waals surface area contributed by atoms with Gasteiger partial charge in [-0.25, -0.2) is 22.8 Å². The number of hydrogen-bond donors (Lipinski definition) is 1. The number of benzene rings is 1. The van der Waals surface area contributed by atoms with Crippen molar-refractivity contribution in [2.75, 3.05) is 25.5 Å². The van der Waals surface area contributed by atoms with Gasteiger partial charge in [0.25, 0.3) is 10.0 Å². The Morgan fingerprint density at radius 3 is 2.24 bits per heavy atom. The predicted octanol–water partition coefficient (Wildman–Crippen LogP) is 2.61. The molecule has 1 aromatic carbocycles. The first kappa shape index (κ1) is 22.4. The summed E-state index contributed by atoms with van der Waals surface area (Å²) in [5.74, 6) is -2.42. The van der Waals surface area contributed by atoms with Crippen LogP contribution < -0.4 is 4.72 Å². The number of ether oxygens (including phenoxy) is 3. The van der Waals surface area contributed by atoms with Gasteiger partial charge in [-0.05, 0) is 31.5 Å². The van der Waals surface area contributed by atoms with Crippen LogP contribution in [-0.4, -0.2) is 47.2 Å². The molecule has 9 nitrogen and oxygen atoms in total. The van der Waals surface area contributed by atoms with Crippen molar-refractivity contribution in [3.63, 3.8) is 0 Å². The zero-order valence-corrected chi connectivity index (χ0v) is 17.7. The number of hydrogen-bond acceptors (Lipinski definition) is 9. The van der Waals surface area contributed by atoms with Crippen molar-refractivity contribution in [2.45, 2.75) is 18.1 Å². The first-order chi connectivity index (χ1) is 13.7. The molecule has 2 rings (SSSR count). The number of sulfonamides is 1.